The fraction of sp³-hybridized carbons (Fsp3) is 0.0556. The molecule has 0 atom stereocenters. The largest absolute Gasteiger partial charge is 0.497 e. The lowest BCUT2D eigenvalue weighted by atomic mass is 10.2. The van der Waals surface area contributed by atoms with E-state index in [9.17, 15) is 8.42 Å². The number of methoxy groups -OCH3 is 1. The normalized spacial score (nSPS) is 11.8. The zero-order chi connectivity index (χ0) is 17.9. The maximum atomic E-state index is 11.3. The molecule has 0 spiro atoms. The van der Waals surface area contributed by atoms with Crippen LogP contribution in [0.2, 0.25) is 0 Å². The third-order valence-corrected chi connectivity index (χ3v) is 4.44. The number of furan rings is 1. The van der Waals surface area contributed by atoms with Gasteiger partial charge in [0, 0.05) is 5.56 Å². The highest BCUT2D eigenvalue weighted by Crippen LogP contribution is 2.23. The van der Waals surface area contributed by atoms with Gasteiger partial charge in [-0.15, -0.1) is 0 Å². The first-order valence-corrected chi connectivity index (χ1v) is 8.91. The van der Waals surface area contributed by atoms with Crippen LogP contribution in [0.1, 0.15) is 5.76 Å². The van der Waals surface area contributed by atoms with Gasteiger partial charge in [0.15, 0.2) is 0 Å². The summed E-state index contributed by atoms with van der Waals surface area (Å²) in [6.07, 6.45) is 1.62. The molecule has 7 heteroatoms. The summed E-state index contributed by atoms with van der Waals surface area (Å²) >= 11 is 0. The summed E-state index contributed by atoms with van der Waals surface area (Å²) in [6, 6.07) is 17.1. The summed E-state index contributed by atoms with van der Waals surface area (Å²) in [6.45, 7) is 0. The molecule has 25 heavy (non-hydrogen) atoms. The molecule has 2 aromatic carbocycles. The van der Waals surface area contributed by atoms with Gasteiger partial charge >= 0.3 is 0 Å². The molecule has 0 bridgehead atoms. The summed E-state index contributed by atoms with van der Waals surface area (Å²) in [5, 5.41) is 5.09. The smallest absolute Gasteiger partial charge is 0.238 e. The van der Waals surface area contributed by atoms with Crippen molar-refractivity contribution < 1.29 is 17.6 Å². The van der Waals surface area contributed by atoms with Crippen molar-refractivity contribution in [3.63, 3.8) is 0 Å². The standard InChI is InChI=1S/C18H16N2O4S/c1-23-15-6-4-14(5-7-15)20-12-16-8-11-18(24-16)13-2-9-17(10-3-13)25(19,21)22/h2-12H,1H3,(H2,19,21,22). The first kappa shape index (κ1) is 16.9. The number of hydrogen-bond donors (Lipinski definition) is 1. The van der Waals surface area contributed by atoms with E-state index in [4.69, 9.17) is 14.3 Å². The predicted molar refractivity (Wildman–Crippen MR) is 95.8 cm³/mol. The summed E-state index contributed by atoms with van der Waals surface area (Å²) in [5.41, 5.74) is 1.52. The SMILES string of the molecule is COc1ccc(N=Cc2ccc(-c3ccc(S(N)(=O)=O)cc3)o2)cc1. The van der Waals surface area contributed by atoms with Crippen molar-refractivity contribution in [3.05, 3.63) is 66.4 Å². The second kappa shape index (κ2) is 6.92. The maximum Gasteiger partial charge on any atom is 0.238 e. The molecule has 1 aromatic heterocycles. The Hall–Kier alpha value is -2.90. The molecule has 128 valence electrons. The molecule has 0 fully saturated rings. The molecule has 3 rings (SSSR count). The molecule has 0 radical (unpaired) electrons. The Labute approximate surface area is 145 Å². The van der Waals surface area contributed by atoms with Crippen LogP contribution in [0.15, 0.2) is 75.0 Å². The summed E-state index contributed by atoms with van der Waals surface area (Å²) in [5.74, 6) is 1.96. The predicted octanol–water partition coefficient (Wildman–Crippen LogP) is 3.35. The van der Waals surface area contributed by atoms with E-state index in [0.29, 0.717) is 11.5 Å². The molecule has 0 saturated heterocycles. The van der Waals surface area contributed by atoms with Crippen LogP contribution in [0, 0.1) is 0 Å². The highest BCUT2D eigenvalue weighted by atomic mass is 32.2. The van der Waals surface area contributed by atoms with E-state index in [1.165, 1.54) is 12.1 Å². The Morgan fingerprint density at radius 1 is 1.00 bits per heavy atom. The number of aliphatic imine (C=N–C) groups is 1. The van der Waals surface area contributed by atoms with Gasteiger partial charge < -0.3 is 9.15 Å². The fourth-order valence-corrected chi connectivity index (χ4v) is 2.71. The van der Waals surface area contributed by atoms with Crippen molar-refractivity contribution in [1.29, 1.82) is 0 Å². The van der Waals surface area contributed by atoms with Crippen LogP contribution in [0.5, 0.6) is 5.75 Å². The van der Waals surface area contributed by atoms with Gasteiger partial charge in [0.25, 0.3) is 0 Å². The lowest BCUT2D eigenvalue weighted by Gasteiger charge is -2.00. The third-order valence-electron chi connectivity index (χ3n) is 3.51. The van der Waals surface area contributed by atoms with Crippen LogP contribution >= 0.6 is 0 Å². The van der Waals surface area contributed by atoms with Crippen molar-refractivity contribution in [2.24, 2.45) is 10.1 Å². The summed E-state index contributed by atoms with van der Waals surface area (Å²) in [4.78, 5) is 4.39. The van der Waals surface area contributed by atoms with Crippen molar-refractivity contribution in [2.45, 2.75) is 4.90 Å². The third kappa shape index (κ3) is 4.14. The number of rotatable bonds is 5. The van der Waals surface area contributed by atoms with Gasteiger partial charge in [-0.3, -0.25) is 4.99 Å². The number of primary sulfonamides is 1. The Kier molecular flexibility index (Phi) is 4.69. The van der Waals surface area contributed by atoms with Crippen molar-refractivity contribution in [1.82, 2.24) is 0 Å². The minimum atomic E-state index is -3.70. The molecule has 6 nitrogen and oxygen atoms in total. The first-order chi connectivity index (χ1) is 12.0. The molecular weight excluding hydrogens is 340 g/mol. The van der Waals surface area contributed by atoms with E-state index >= 15 is 0 Å². The van der Waals surface area contributed by atoms with E-state index in [1.54, 1.807) is 37.6 Å². The number of sulfonamides is 1. The lowest BCUT2D eigenvalue weighted by molar-refractivity contribution is 0.415. The van der Waals surface area contributed by atoms with E-state index in [2.05, 4.69) is 4.99 Å². The average molecular weight is 356 g/mol. The molecule has 0 amide bonds. The monoisotopic (exact) mass is 356 g/mol. The zero-order valence-corrected chi connectivity index (χ0v) is 14.2. The van der Waals surface area contributed by atoms with Crippen molar-refractivity contribution in [3.8, 4) is 17.1 Å². The fourth-order valence-electron chi connectivity index (χ4n) is 2.19. The molecule has 2 N–H and O–H groups in total. The van der Waals surface area contributed by atoms with E-state index in [-0.39, 0.29) is 4.90 Å². The summed E-state index contributed by atoms with van der Waals surface area (Å²) in [7, 11) is -2.09. The van der Waals surface area contributed by atoms with E-state index < -0.39 is 10.0 Å². The van der Waals surface area contributed by atoms with Gasteiger partial charge in [0.05, 0.1) is 23.9 Å². The van der Waals surface area contributed by atoms with Gasteiger partial charge in [-0.05, 0) is 60.7 Å². The topological polar surface area (TPSA) is 94.9 Å². The molecule has 1 heterocycles. The Morgan fingerprint density at radius 3 is 2.28 bits per heavy atom. The number of ether oxygens (including phenoxy) is 1. The molecule has 0 unspecified atom stereocenters. The van der Waals surface area contributed by atoms with Gasteiger partial charge in [-0.25, -0.2) is 13.6 Å². The second-order valence-corrected chi connectivity index (χ2v) is 6.79. The van der Waals surface area contributed by atoms with Gasteiger partial charge in [-0.2, -0.15) is 0 Å². The Balaban J connectivity index is 1.76. The van der Waals surface area contributed by atoms with Crippen LogP contribution in [0.4, 0.5) is 5.69 Å². The van der Waals surface area contributed by atoms with Crippen LogP contribution in [0.25, 0.3) is 11.3 Å². The van der Waals surface area contributed by atoms with Crippen LogP contribution < -0.4 is 9.88 Å². The number of benzene rings is 2. The highest BCUT2D eigenvalue weighted by molar-refractivity contribution is 7.89. The summed E-state index contributed by atoms with van der Waals surface area (Å²) < 4.78 is 33.4. The Morgan fingerprint density at radius 2 is 1.68 bits per heavy atom. The maximum absolute atomic E-state index is 11.3. The molecule has 0 aliphatic heterocycles. The second-order valence-electron chi connectivity index (χ2n) is 5.23. The van der Waals surface area contributed by atoms with E-state index in [0.717, 1.165) is 17.0 Å². The van der Waals surface area contributed by atoms with Gasteiger partial charge in [0.2, 0.25) is 10.0 Å². The molecule has 3 aromatic rings. The van der Waals surface area contributed by atoms with Gasteiger partial charge in [-0.1, -0.05) is 0 Å². The molecule has 0 aliphatic rings. The molecule has 0 saturated carbocycles. The minimum Gasteiger partial charge on any atom is -0.497 e. The quantitative estimate of drug-likeness (QED) is 0.709. The van der Waals surface area contributed by atoms with Crippen LogP contribution in [0.3, 0.4) is 0 Å². The molecular formula is C18H16N2O4S. The Bertz CT molecular complexity index is 988. The van der Waals surface area contributed by atoms with E-state index in [1.807, 2.05) is 24.3 Å². The van der Waals surface area contributed by atoms with Crippen molar-refractivity contribution in [2.75, 3.05) is 7.11 Å². The lowest BCUT2D eigenvalue weighted by Crippen LogP contribution is -2.11. The minimum absolute atomic E-state index is 0.0593. The van der Waals surface area contributed by atoms with Crippen LogP contribution in [-0.2, 0) is 10.0 Å². The average Bonchev–Trinajstić information content (AvgIpc) is 3.09. The zero-order valence-electron chi connectivity index (χ0n) is 13.4. The first-order valence-electron chi connectivity index (χ1n) is 7.37. The van der Waals surface area contributed by atoms with Gasteiger partial charge in [0.1, 0.15) is 17.3 Å². The molecule has 0 aliphatic carbocycles. The number of nitrogens with two attached hydrogens (primary N) is 1. The highest BCUT2D eigenvalue weighted by Gasteiger charge is 2.09. The van der Waals surface area contributed by atoms with Crippen LogP contribution in [-0.4, -0.2) is 21.7 Å². The number of hydrogen-bond acceptors (Lipinski definition) is 5. The van der Waals surface area contributed by atoms with Crippen molar-refractivity contribution >= 4 is 21.9 Å². The number of nitrogens with zero attached hydrogens (tertiary/aromatic N) is 1.